The summed E-state index contributed by atoms with van der Waals surface area (Å²) in [7, 11) is -1.13. The van der Waals surface area contributed by atoms with Gasteiger partial charge in [0.2, 0.25) is 0 Å². The van der Waals surface area contributed by atoms with Gasteiger partial charge in [0, 0.05) is 34.2 Å². The summed E-state index contributed by atoms with van der Waals surface area (Å²) in [5.74, 6) is 0.395. The number of aromatic nitrogens is 10. The first kappa shape index (κ1) is 46.8. The lowest BCUT2D eigenvalue weighted by atomic mass is 9.74. The van der Waals surface area contributed by atoms with Crippen molar-refractivity contribution < 1.29 is 35.7 Å². The molecule has 0 saturated carbocycles. The summed E-state index contributed by atoms with van der Waals surface area (Å²) >= 11 is 3.42. The lowest BCUT2D eigenvalue weighted by Gasteiger charge is -2.35. The van der Waals surface area contributed by atoms with Crippen LogP contribution in [0.2, 0.25) is 0 Å². The van der Waals surface area contributed by atoms with Crippen LogP contribution in [0.5, 0.6) is 0 Å². The van der Waals surface area contributed by atoms with Crippen molar-refractivity contribution in [1.82, 2.24) is 48.8 Å². The number of nitrogens with zero attached hydrogens (tertiary/aromatic N) is 10. The fourth-order valence-electron chi connectivity index (χ4n) is 8.77. The third-order valence-electron chi connectivity index (χ3n) is 12.8. The maximum atomic E-state index is 15.3. The molecule has 0 radical (unpaired) electrons. The Labute approximate surface area is 395 Å². The van der Waals surface area contributed by atoms with Crippen LogP contribution in [-0.2, 0) is 20.4 Å². The molecule has 14 nitrogen and oxygen atoms in total. The Morgan fingerprint density at radius 3 is 1.60 bits per heavy atom. The number of fused-ring (bicyclic) bond motifs is 8. The molecule has 2 aromatic carbocycles. The van der Waals surface area contributed by atoms with E-state index in [2.05, 4.69) is 57.2 Å². The molecule has 22 heteroatoms. The number of anilines is 2. The quantitative estimate of drug-likeness (QED) is 0.129. The van der Waals surface area contributed by atoms with Crippen LogP contribution < -0.4 is 16.1 Å². The van der Waals surface area contributed by atoms with Crippen LogP contribution in [0.4, 0.5) is 37.7 Å². The molecular weight excluding hydrogens is 957 g/mol. The number of benzene rings is 2. The molecule has 0 bridgehead atoms. The first-order valence-corrected chi connectivity index (χ1v) is 22.3. The summed E-state index contributed by atoms with van der Waals surface area (Å²) in [5.41, 5.74) is -1.38. The van der Waals surface area contributed by atoms with E-state index in [4.69, 9.17) is 9.31 Å². The Hall–Kier alpha value is -6.26. The van der Waals surface area contributed by atoms with Gasteiger partial charge in [-0.3, -0.25) is 9.13 Å². The summed E-state index contributed by atoms with van der Waals surface area (Å²) < 4.78 is 108. The number of pyridine rings is 2. The Bertz CT molecular complexity index is 3250. The van der Waals surface area contributed by atoms with E-state index < -0.39 is 53.9 Å². The number of nitrogens with one attached hydrogen (secondary N) is 2. The van der Waals surface area contributed by atoms with Crippen molar-refractivity contribution in [1.29, 1.82) is 0 Å². The number of halogens is 7. The molecule has 3 aliphatic rings. The second-order valence-corrected chi connectivity index (χ2v) is 19.6. The molecule has 68 heavy (non-hydrogen) atoms. The number of rotatable bonds is 4. The first-order chi connectivity index (χ1) is 31.9. The standard InChI is InChI=1S/C20H17F3N6.C19H24BF3N4O2.C7H5BrN2/c1-10-26-27-19-20(2,3)25-16-13(21)9-12(15(18(22)23)17(16)29(10)19)11-5-4-8-28-14(11)6-7-24-28;1-9-25-26-16-17(2,3)24-13-11(21)8-10(12(15(22)23)14(13)27(9)16)20-28-18(4,5)19(6,7)29-20;8-6-2-1-5-10-7(6)3-4-9-10/h4-9,18,25H,1-3H3;8,15,24H,1-7H3;1-5H. The normalized spacial score (nSPS) is 16.8. The molecule has 0 atom stereocenters. The first-order valence-electron chi connectivity index (χ1n) is 21.5. The molecule has 0 spiro atoms. The molecule has 9 heterocycles. The van der Waals surface area contributed by atoms with E-state index in [1.807, 2.05) is 56.6 Å². The molecule has 0 amide bonds. The highest BCUT2D eigenvalue weighted by Crippen LogP contribution is 2.48. The third kappa shape index (κ3) is 7.60. The highest BCUT2D eigenvalue weighted by atomic mass is 79.9. The zero-order valence-electron chi connectivity index (χ0n) is 38.6. The molecule has 1 saturated heterocycles. The van der Waals surface area contributed by atoms with Crippen LogP contribution >= 0.6 is 15.9 Å². The summed E-state index contributed by atoms with van der Waals surface area (Å²) in [5, 5.41) is 30.6. The molecule has 0 unspecified atom stereocenters. The summed E-state index contributed by atoms with van der Waals surface area (Å²) in [6.07, 6.45) is 1.24. The minimum absolute atomic E-state index is 0.00142. The Kier molecular flexibility index (Phi) is 11.3. The van der Waals surface area contributed by atoms with E-state index in [-0.39, 0.29) is 44.9 Å². The summed E-state index contributed by atoms with van der Waals surface area (Å²) in [6, 6.07) is 13.2. The van der Waals surface area contributed by atoms with Gasteiger partial charge in [0.25, 0.3) is 12.9 Å². The average molecular weight is 1000 g/mol. The van der Waals surface area contributed by atoms with Gasteiger partial charge < -0.3 is 19.9 Å². The van der Waals surface area contributed by atoms with Crippen molar-refractivity contribution in [3.05, 3.63) is 124 Å². The van der Waals surface area contributed by atoms with E-state index in [9.17, 15) is 17.6 Å². The number of alkyl halides is 4. The molecule has 3 aliphatic heterocycles. The monoisotopic (exact) mass is 1000 g/mol. The third-order valence-corrected chi connectivity index (χ3v) is 13.4. The summed E-state index contributed by atoms with van der Waals surface area (Å²) in [6.45, 7) is 17.8. The fourth-order valence-corrected chi connectivity index (χ4v) is 9.23. The Balaban J connectivity index is 0.000000141. The van der Waals surface area contributed by atoms with E-state index in [1.165, 1.54) is 9.13 Å². The van der Waals surface area contributed by atoms with Crippen molar-refractivity contribution in [3.63, 3.8) is 0 Å². The van der Waals surface area contributed by atoms with Crippen molar-refractivity contribution in [3.8, 4) is 22.5 Å². The minimum Gasteiger partial charge on any atom is -0.399 e. The van der Waals surface area contributed by atoms with Crippen LogP contribution in [-0.4, -0.2) is 67.1 Å². The molecule has 8 aromatic rings. The maximum absolute atomic E-state index is 15.3. The van der Waals surface area contributed by atoms with Gasteiger partial charge in [-0.25, -0.2) is 35.4 Å². The van der Waals surface area contributed by atoms with Gasteiger partial charge in [-0.05, 0) is 139 Å². The fraction of sp³-hybridized carbons (Fsp3) is 0.348. The second kappa shape index (κ2) is 16.5. The van der Waals surface area contributed by atoms with Crippen molar-refractivity contribution in [2.45, 2.75) is 104 Å². The molecule has 354 valence electrons. The molecule has 1 fully saturated rings. The zero-order chi connectivity index (χ0) is 49.0. The van der Waals surface area contributed by atoms with Gasteiger partial charge in [-0.1, -0.05) is 6.07 Å². The van der Waals surface area contributed by atoms with Crippen LogP contribution in [0.1, 0.15) is 103 Å². The zero-order valence-corrected chi connectivity index (χ0v) is 40.2. The van der Waals surface area contributed by atoms with Crippen molar-refractivity contribution in [2.24, 2.45) is 0 Å². The SMILES string of the molecule is Brc1cccn2nccc12.Cc1nnc2n1-c1c(c(F)cc(-c3cccn4nccc34)c1C(F)F)NC2(C)C.Cc1nnc2n1-c1c(c(F)cc(B3OC(C)(C)C(C)(C)O3)c1C(F)F)NC2(C)C. The molecule has 6 aromatic heterocycles. The highest BCUT2D eigenvalue weighted by Gasteiger charge is 2.54. The van der Waals surface area contributed by atoms with E-state index in [0.717, 1.165) is 22.1 Å². The van der Waals surface area contributed by atoms with Crippen LogP contribution in [0, 0.1) is 25.5 Å². The summed E-state index contributed by atoms with van der Waals surface area (Å²) in [4.78, 5) is 0. The van der Waals surface area contributed by atoms with Crippen LogP contribution in [0.15, 0.2) is 77.8 Å². The number of hydrogen-bond acceptors (Lipinski definition) is 10. The van der Waals surface area contributed by atoms with Crippen LogP contribution in [0.25, 0.3) is 33.5 Å². The Morgan fingerprint density at radius 2 is 1.09 bits per heavy atom. The van der Waals surface area contributed by atoms with Crippen LogP contribution in [0.3, 0.4) is 0 Å². The second-order valence-electron chi connectivity index (χ2n) is 18.7. The molecular formula is C46H46BBrF6N12O2. The van der Waals surface area contributed by atoms with Gasteiger partial charge in [-0.2, -0.15) is 10.2 Å². The van der Waals surface area contributed by atoms with Crippen molar-refractivity contribution >= 4 is 50.9 Å². The predicted octanol–water partition coefficient (Wildman–Crippen LogP) is 10.3. The highest BCUT2D eigenvalue weighted by molar-refractivity contribution is 9.10. The lowest BCUT2D eigenvalue weighted by Crippen LogP contribution is -2.42. The predicted molar refractivity (Wildman–Crippen MR) is 248 cm³/mol. The number of aryl methyl sites for hydroxylation is 2. The van der Waals surface area contributed by atoms with Gasteiger partial charge in [-0.15, -0.1) is 20.4 Å². The smallest absolute Gasteiger partial charge is 0.399 e. The van der Waals surface area contributed by atoms with E-state index in [1.54, 1.807) is 82.8 Å². The topological polar surface area (TPSA) is 139 Å². The molecule has 11 rings (SSSR count). The van der Waals surface area contributed by atoms with E-state index in [0.29, 0.717) is 34.4 Å². The van der Waals surface area contributed by atoms with Crippen molar-refractivity contribution in [2.75, 3.05) is 10.6 Å². The maximum Gasteiger partial charge on any atom is 0.495 e. The largest absolute Gasteiger partial charge is 0.495 e. The van der Waals surface area contributed by atoms with Gasteiger partial charge in [0.1, 0.15) is 23.3 Å². The van der Waals surface area contributed by atoms with Gasteiger partial charge in [0.15, 0.2) is 11.6 Å². The molecule has 2 N–H and O–H groups in total. The van der Waals surface area contributed by atoms with Gasteiger partial charge in [0.05, 0.1) is 67.8 Å². The average Bonchev–Trinajstić information content (AvgIpc) is 4.10. The lowest BCUT2D eigenvalue weighted by molar-refractivity contribution is 0.00578. The number of hydrogen-bond donors (Lipinski definition) is 2. The molecule has 0 aliphatic carbocycles. The minimum atomic E-state index is -2.89. The van der Waals surface area contributed by atoms with Gasteiger partial charge >= 0.3 is 7.12 Å². The van der Waals surface area contributed by atoms with E-state index >= 15 is 8.78 Å². The Morgan fingerprint density at radius 1 is 0.618 bits per heavy atom.